The zero-order valence-corrected chi connectivity index (χ0v) is 21.4. The maximum absolute atomic E-state index is 11.5. The maximum Gasteiger partial charge on any atom is 0.316 e. The molecule has 37 heavy (non-hydrogen) atoms. The number of nitrogens with two attached hydrogens (primary N) is 1. The zero-order valence-electron chi connectivity index (χ0n) is 19.7. The van der Waals surface area contributed by atoms with Crippen LogP contribution in [-0.2, 0) is 19.5 Å². The van der Waals surface area contributed by atoms with E-state index in [9.17, 15) is 17.8 Å². The first kappa shape index (κ1) is 27.9. The van der Waals surface area contributed by atoms with Crippen molar-refractivity contribution in [3.8, 4) is 0 Å². The number of carbonyl (C=O) groups is 1. The standard InChI is InChI=1S/C22H22N6O7S2/c1-12-4-6-16(19(8-12)24-22(23)29)25-26-17-9-14(3)18(10-13(17)2)27-28-20-11-15(37(31,32)33)5-7-21(20)36-35-34-30/h4-11,30H,1-3H3,(H3,23,24,29)(H,31,32,33). The predicted octanol–water partition coefficient (Wildman–Crippen LogP) is 6.61. The topological polar surface area (TPSA) is 198 Å². The Morgan fingerprint density at radius 3 is 2.05 bits per heavy atom. The molecule has 3 rings (SSSR count). The smallest absolute Gasteiger partial charge is 0.316 e. The van der Waals surface area contributed by atoms with Gasteiger partial charge < -0.3 is 11.1 Å². The highest BCUT2D eigenvalue weighted by Crippen LogP contribution is 2.36. The summed E-state index contributed by atoms with van der Waals surface area (Å²) in [7, 11) is -4.49. The minimum Gasteiger partial charge on any atom is -0.351 e. The third-order valence-electron chi connectivity index (χ3n) is 4.84. The number of anilines is 1. The summed E-state index contributed by atoms with van der Waals surface area (Å²) in [5.41, 5.74) is 9.40. The molecule has 2 amide bonds. The third kappa shape index (κ3) is 7.63. The second-order valence-corrected chi connectivity index (χ2v) is 9.83. The molecule has 5 N–H and O–H groups in total. The van der Waals surface area contributed by atoms with Crippen LogP contribution in [0.25, 0.3) is 0 Å². The molecule has 0 heterocycles. The van der Waals surface area contributed by atoms with E-state index >= 15 is 0 Å². The summed E-state index contributed by atoms with van der Waals surface area (Å²) in [6.07, 6.45) is 0. The molecule has 0 atom stereocenters. The molecule has 0 radical (unpaired) electrons. The number of amides is 2. The van der Waals surface area contributed by atoms with Crippen LogP contribution in [0.5, 0.6) is 0 Å². The highest BCUT2D eigenvalue weighted by atomic mass is 32.2. The van der Waals surface area contributed by atoms with Gasteiger partial charge in [-0.05, 0) is 79.9 Å². The molecule has 0 unspecified atom stereocenters. The van der Waals surface area contributed by atoms with E-state index in [-0.39, 0.29) is 10.6 Å². The Hall–Kier alpha value is -3.73. The fourth-order valence-corrected chi connectivity index (χ4v) is 3.96. The van der Waals surface area contributed by atoms with Gasteiger partial charge >= 0.3 is 6.03 Å². The highest BCUT2D eigenvalue weighted by Gasteiger charge is 2.14. The molecule has 0 fully saturated rings. The maximum atomic E-state index is 11.5. The lowest BCUT2D eigenvalue weighted by Crippen LogP contribution is -2.19. The second-order valence-electron chi connectivity index (χ2n) is 7.67. The molecule has 194 valence electrons. The van der Waals surface area contributed by atoms with Crippen molar-refractivity contribution in [1.82, 2.24) is 0 Å². The number of rotatable bonds is 9. The van der Waals surface area contributed by atoms with Crippen LogP contribution in [0.2, 0.25) is 0 Å². The van der Waals surface area contributed by atoms with Gasteiger partial charge in [-0.3, -0.25) is 4.55 Å². The lowest BCUT2D eigenvalue weighted by Gasteiger charge is -2.08. The lowest BCUT2D eigenvalue weighted by molar-refractivity contribution is -0.432. The number of primary amides is 1. The molecule has 0 aliphatic rings. The monoisotopic (exact) mass is 546 g/mol. The number of azo groups is 2. The number of nitrogens with one attached hydrogen (secondary N) is 1. The van der Waals surface area contributed by atoms with Gasteiger partial charge in [0.25, 0.3) is 10.1 Å². The van der Waals surface area contributed by atoms with Gasteiger partial charge in [0, 0.05) is 0 Å². The Bertz CT molecular complexity index is 1490. The summed E-state index contributed by atoms with van der Waals surface area (Å²) in [5.74, 6) is 0. The molecule has 0 aliphatic heterocycles. The summed E-state index contributed by atoms with van der Waals surface area (Å²) < 4.78 is 36.8. The summed E-state index contributed by atoms with van der Waals surface area (Å²) in [5, 5.41) is 31.3. The van der Waals surface area contributed by atoms with Crippen molar-refractivity contribution in [2.24, 2.45) is 26.2 Å². The molecule has 3 aromatic carbocycles. The number of carbonyl (C=O) groups excluding carboxylic acids is 1. The van der Waals surface area contributed by atoms with Gasteiger partial charge in [0.15, 0.2) is 0 Å². The van der Waals surface area contributed by atoms with E-state index in [1.807, 2.05) is 13.0 Å². The molecular formula is C22H22N6O7S2. The minimum absolute atomic E-state index is 0.0341. The molecular weight excluding hydrogens is 524 g/mol. The SMILES string of the molecule is Cc1ccc(N=Nc2cc(C)c(N=Nc3cc(S(=O)(=O)O)ccc3SOOO)cc2C)c(NC(N)=O)c1. The molecule has 0 aromatic heterocycles. The van der Waals surface area contributed by atoms with Gasteiger partial charge in [-0.2, -0.15) is 18.6 Å². The number of hydrogen-bond acceptors (Lipinski definition) is 11. The Morgan fingerprint density at radius 2 is 1.49 bits per heavy atom. The van der Waals surface area contributed by atoms with E-state index in [2.05, 4.69) is 35.1 Å². The van der Waals surface area contributed by atoms with Crippen LogP contribution in [0.4, 0.5) is 33.2 Å². The van der Waals surface area contributed by atoms with E-state index in [0.717, 1.165) is 17.7 Å². The van der Waals surface area contributed by atoms with Gasteiger partial charge in [-0.25, -0.2) is 10.1 Å². The predicted molar refractivity (Wildman–Crippen MR) is 136 cm³/mol. The van der Waals surface area contributed by atoms with Crippen LogP contribution in [0.1, 0.15) is 16.7 Å². The minimum atomic E-state index is -4.49. The van der Waals surface area contributed by atoms with Crippen molar-refractivity contribution in [3.05, 3.63) is 65.2 Å². The summed E-state index contributed by atoms with van der Waals surface area (Å²) in [6, 6.07) is 11.5. The first-order chi connectivity index (χ1) is 17.5. The molecule has 0 saturated carbocycles. The fourth-order valence-electron chi connectivity index (χ4n) is 3.04. The molecule has 0 bridgehead atoms. The number of urea groups is 1. The molecule has 0 aliphatic carbocycles. The number of benzene rings is 3. The first-order valence-corrected chi connectivity index (χ1v) is 12.5. The lowest BCUT2D eigenvalue weighted by atomic mass is 10.1. The van der Waals surface area contributed by atoms with Crippen LogP contribution in [0.15, 0.2) is 78.8 Å². The quantitative estimate of drug-likeness (QED) is 0.0755. The number of hydrogen-bond donors (Lipinski definition) is 4. The van der Waals surface area contributed by atoms with Crippen molar-refractivity contribution >= 4 is 56.6 Å². The summed E-state index contributed by atoms with van der Waals surface area (Å²) in [4.78, 5) is 11.2. The third-order valence-corrected chi connectivity index (χ3v) is 6.34. The van der Waals surface area contributed by atoms with Crippen LogP contribution in [0, 0.1) is 20.8 Å². The van der Waals surface area contributed by atoms with Crippen LogP contribution in [0.3, 0.4) is 0 Å². The van der Waals surface area contributed by atoms with E-state index in [1.54, 1.807) is 38.1 Å². The van der Waals surface area contributed by atoms with Gasteiger partial charge in [-0.1, -0.05) is 11.1 Å². The number of aryl methyl sites for hydroxylation is 3. The average Bonchev–Trinajstić information content (AvgIpc) is 2.82. The summed E-state index contributed by atoms with van der Waals surface area (Å²) >= 11 is 0.557. The Kier molecular flexibility index (Phi) is 9.04. The van der Waals surface area contributed by atoms with E-state index < -0.39 is 21.0 Å². The van der Waals surface area contributed by atoms with Gasteiger partial charge in [-0.15, -0.1) is 14.6 Å². The normalized spacial score (nSPS) is 11.9. The largest absolute Gasteiger partial charge is 0.351 e. The van der Waals surface area contributed by atoms with Crippen molar-refractivity contribution in [2.75, 3.05) is 5.32 Å². The van der Waals surface area contributed by atoms with E-state index in [4.69, 9.17) is 11.0 Å². The van der Waals surface area contributed by atoms with Crippen molar-refractivity contribution < 1.29 is 32.4 Å². The van der Waals surface area contributed by atoms with Gasteiger partial charge in [0.05, 0.1) is 38.9 Å². The molecule has 0 saturated heterocycles. The van der Waals surface area contributed by atoms with Crippen LogP contribution >= 0.6 is 12.0 Å². The fraction of sp³-hybridized carbons (Fsp3) is 0.136. The average molecular weight is 547 g/mol. The Labute approximate surface area is 216 Å². The zero-order chi connectivity index (χ0) is 27.2. The Balaban J connectivity index is 1.93. The first-order valence-electron chi connectivity index (χ1n) is 10.4. The summed E-state index contributed by atoms with van der Waals surface area (Å²) in [6.45, 7) is 5.42. The molecule has 0 spiro atoms. The Morgan fingerprint density at radius 1 is 0.892 bits per heavy atom. The van der Waals surface area contributed by atoms with Crippen LogP contribution in [-0.4, -0.2) is 24.3 Å². The molecule has 3 aromatic rings. The van der Waals surface area contributed by atoms with Crippen molar-refractivity contribution in [1.29, 1.82) is 0 Å². The number of nitrogens with zero attached hydrogens (tertiary/aromatic N) is 4. The van der Waals surface area contributed by atoms with Crippen molar-refractivity contribution in [2.45, 2.75) is 30.6 Å². The van der Waals surface area contributed by atoms with Crippen molar-refractivity contribution in [3.63, 3.8) is 0 Å². The molecule has 13 nitrogen and oxygen atoms in total. The molecule has 15 heteroatoms. The van der Waals surface area contributed by atoms with E-state index in [0.29, 0.717) is 45.9 Å². The van der Waals surface area contributed by atoms with Crippen LogP contribution < -0.4 is 11.1 Å². The van der Waals surface area contributed by atoms with E-state index in [1.165, 1.54) is 6.07 Å². The van der Waals surface area contributed by atoms with Gasteiger partial charge in [0.1, 0.15) is 11.4 Å². The van der Waals surface area contributed by atoms with Gasteiger partial charge in [0.2, 0.25) is 0 Å². The second kappa shape index (κ2) is 12.0. The highest BCUT2D eigenvalue weighted by molar-refractivity contribution is 7.94.